The maximum atomic E-state index is 12.8. The number of urea groups is 1. The normalized spacial score (nSPS) is 15.3. The molecule has 1 saturated heterocycles. The second kappa shape index (κ2) is 9.88. The van der Waals surface area contributed by atoms with Crippen LogP contribution in [0.2, 0.25) is 0 Å². The summed E-state index contributed by atoms with van der Waals surface area (Å²) < 4.78 is 5.18. The zero-order valence-electron chi connectivity index (χ0n) is 19.0. The number of hydrogen-bond donors (Lipinski definition) is 1. The van der Waals surface area contributed by atoms with Crippen LogP contribution in [0.4, 0.5) is 10.5 Å². The Hall–Kier alpha value is -3.31. The summed E-state index contributed by atoms with van der Waals surface area (Å²) in [5, 5.41) is 3.00. The molecule has 0 bridgehead atoms. The van der Waals surface area contributed by atoms with Gasteiger partial charge >= 0.3 is 6.03 Å². The lowest BCUT2D eigenvalue weighted by molar-refractivity contribution is 0.126. The van der Waals surface area contributed by atoms with Crippen LogP contribution < -0.4 is 10.1 Å². The van der Waals surface area contributed by atoms with Crippen LogP contribution in [0.3, 0.4) is 0 Å². The molecule has 4 rings (SSSR count). The molecule has 1 N–H and O–H groups in total. The maximum Gasteiger partial charge on any atom is 0.321 e. The number of carbonyl (C=O) groups is 1. The topological polar surface area (TPSA) is 44.8 Å². The molecule has 166 valence electrons. The Balaban J connectivity index is 1.47. The van der Waals surface area contributed by atoms with Gasteiger partial charge in [0.05, 0.1) is 13.2 Å². The standard InChI is InChI=1S/C27H31N3O2/c1-20-9-10-21(2)25(19-20)26(22-7-5-4-6-8-22)29-15-17-30(18-16-29)27(31)28-23-11-13-24(32-3)14-12-23/h4-14,19,26H,15-18H2,1-3H3,(H,28,31)/t26-/m1/s1. The van der Waals surface area contributed by atoms with Crippen LogP contribution in [0.5, 0.6) is 5.75 Å². The Morgan fingerprint density at radius 2 is 1.59 bits per heavy atom. The van der Waals surface area contributed by atoms with E-state index in [1.807, 2.05) is 29.2 Å². The number of carbonyl (C=O) groups excluding carboxylic acids is 1. The average Bonchev–Trinajstić information content (AvgIpc) is 2.83. The van der Waals surface area contributed by atoms with E-state index in [2.05, 4.69) is 72.6 Å². The minimum absolute atomic E-state index is 0.0576. The van der Waals surface area contributed by atoms with Crippen LogP contribution in [0.15, 0.2) is 72.8 Å². The molecule has 1 atom stereocenters. The first kappa shape index (κ1) is 21.9. The van der Waals surface area contributed by atoms with Gasteiger partial charge < -0.3 is 15.0 Å². The predicted molar refractivity (Wildman–Crippen MR) is 129 cm³/mol. The van der Waals surface area contributed by atoms with Crippen molar-refractivity contribution in [3.8, 4) is 5.75 Å². The van der Waals surface area contributed by atoms with Crippen molar-refractivity contribution in [1.29, 1.82) is 0 Å². The van der Waals surface area contributed by atoms with E-state index < -0.39 is 0 Å². The summed E-state index contributed by atoms with van der Waals surface area (Å²) in [7, 11) is 1.63. The van der Waals surface area contributed by atoms with Gasteiger partial charge in [-0.1, -0.05) is 54.1 Å². The van der Waals surface area contributed by atoms with Crippen LogP contribution in [-0.4, -0.2) is 49.1 Å². The van der Waals surface area contributed by atoms with E-state index in [0.717, 1.165) is 24.5 Å². The molecule has 1 aliphatic rings. The third kappa shape index (κ3) is 4.94. The monoisotopic (exact) mass is 429 g/mol. The minimum atomic E-state index is -0.0576. The minimum Gasteiger partial charge on any atom is -0.497 e. The molecule has 0 aliphatic carbocycles. The number of nitrogens with one attached hydrogen (secondary N) is 1. The number of aryl methyl sites for hydroxylation is 2. The first-order valence-corrected chi connectivity index (χ1v) is 11.1. The third-order valence-electron chi connectivity index (χ3n) is 6.15. The molecule has 0 aromatic heterocycles. The van der Waals surface area contributed by atoms with Gasteiger partial charge in [0.1, 0.15) is 5.75 Å². The molecule has 2 amide bonds. The summed E-state index contributed by atoms with van der Waals surface area (Å²) in [4.78, 5) is 17.2. The molecule has 32 heavy (non-hydrogen) atoms. The Labute approximate surface area is 190 Å². The van der Waals surface area contributed by atoms with E-state index >= 15 is 0 Å². The molecule has 1 aliphatic heterocycles. The molecule has 0 radical (unpaired) electrons. The average molecular weight is 430 g/mol. The van der Waals surface area contributed by atoms with Crippen molar-refractivity contribution in [2.75, 3.05) is 38.6 Å². The lowest BCUT2D eigenvalue weighted by atomic mass is 9.92. The smallest absolute Gasteiger partial charge is 0.321 e. The number of anilines is 1. The van der Waals surface area contributed by atoms with Crippen molar-refractivity contribution in [3.05, 3.63) is 95.1 Å². The number of ether oxygens (including phenoxy) is 1. The largest absolute Gasteiger partial charge is 0.497 e. The Kier molecular flexibility index (Phi) is 6.76. The summed E-state index contributed by atoms with van der Waals surface area (Å²) in [6.07, 6.45) is 0. The van der Waals surface area contributed by atoms with E-state index in [1.54, 1.807) is 7.11 Å². The summed E-state index contributed by atoms with van der Waals surface area (Å²) in [6.45, 7) is 7.36. The molecule has 0 unspecified atom stereocenters. The molecule has 0 spiro atoms. The van der Waals surface area contributed by atoms with Crippen LogP contribution in [0, 0.1) is 13.8 Å². The first-order valence-electron chi connectivity index (χ1n) is 11.1. The number of nitrogens with zero attached hydrogens (tertiary/aromatic N) is 2. The molecule has 5 heteroatoms. The second-order valence-electron chi connectivity index (χ2n) is 8.35. The fourth-order valence-corrected chi connectivity index (χ4v) is 4.34. The fourth-order valence-electron chi connectivity index (χ4n) is 4.34. The van der Waals surface area contributed by atoms with Gasteiger partial charge in [0.25, 0.3) is 0 Å². The lowest BCUT2D eigenvalue weighted by Gasteiger charge is -2.40. The van der Waals surface area contributed by atoms with Gasteiger partial charge in [-0.25, -0.2) is 4.79 Å². The highest BCUT2D eigenvalue weighted by Gasteiger charge is 2.29. The Morgan fingerprint density at radius 1 is 0.906 bits per heavy atom. The van der Waals surface area contributed by atoms with E-state index in [0.29, 0.717) is 13.1 Å². The number of methoxy groups -OCH3 is 1. The summed E-state index contributed by atoms with van der Waals surface area (Å²) in [5.74, 6) is 0.773. The number of hydrogen-bond acceptors (Lipinski definition) is 3. The molecule has 5 nitrogen and oxygen atoms in total. The van der Waals surface area contributed by atoms with Gasteiger partial charge in [0.15, 0.2) is 0 Å². The summed E-state index contributed by atoms with van der Waals surface area (Å²) in [6, 6.07) is 24.9. The Morgan fingerprint density at radius 3 is 2.25 bits per heavy atom. The third-order valence-corrected chi connectivity index (χ3v) is 6.15. The highest BCUT2D eigenvalue weighted by Crippen LogP contribution is 2.32. The number of rotatable bonds is 5. The van der Waals surface area contributed by atoms with Crippen molar-refractivity contribution >= 4 is 11.7 Å². The van der Waals surface area contributed by atoms with Gasteiger partial charge in [-0.2, -0.15) is 0 Å². The SMILES string of the molecule is COc1ccc(NC(=O)N2CCN([C@H](c3ccccc3)c3cc(C)ccc3C)CC2)cc1. The zero-order chi connectivity index (χ0) is 22.5. The predicted octanol–water partition coefficient (Wildman–Crippen LogP) is 5.25. The highest BCUT2D eigenvalue weighted by molar-refractivity contribution is 5.89. The summed E-state index contributed by atoms with van der Waals surface area (Å²) >= 11 is 0. The first-order chi connectivity index (χ1) is 15.5. The Bertz CT molecular complexity index is 1040. The van der Waals surface area contributed by atoms with Crippen molar-refractivity contribution in [1.82, 2.24) is 9.80 Å². The quantitative estimate of drug-likeness (QED) is 0.602. The van der Waals surface area contributed by atoms with E-state index in [4.69, 9.17) is 4.74 Å². The number of amides is 2. The maximum absolute atomic E-state index is 12.8. The fraction of sp³-hybridized carbons (Fsp3) is 0.296. The molecular weight excluding hydrogens is 398 g/mol. The van der Waals surface area contributed by atoms with Crippen LogP contribution in [0.1, 0.15) is 28.3 Å². The van der Waals surface area contributed by atoms with Gasteiger partial charge in [-0.15, -0.1) is 0 Å². The van der Waals surface area contributed by atoms with E-state index in [-0.39, 0.29) is 12.1 Å². The van der Waals surface area contributed by atoms with Crippen LogP contribution in [-0.2, 0) is 0 Å². The molecule has 1 heterocycles. The van der Waals surface area contributed by atoms with Crippen molar-refractivity contribution < 1.29 is 9.53 Å². The summed E-state index contributed by atoms with van der Waals surface area (Å²) in [5.41, 5.74) is 5.97. The van der Waals surface area contributed by atoms with Crippen molar-refractivity contribution in [3.63, 3.8) is 0 Å². The van der Waals surface area contributed by atoms with Gasteiger partial charge in [-0.05, 0) is 54.8 Å². The van der Waals surface area contributed by atoms with Gasteiger partial charge in [-0.3, -0.25) is 4.90 Å². The molecule has 3 aromatic rings. The van der Waals surface area contributed by atoms with Crippen molar-refractivity contribution in [2.45, 2.75) is 19.9 Å². The molecule has 1 fully saturated rings. The number of benzene rings is 3. The van der Waals surface area contributed by atoms with Crippen LogP contribution >= 0.6 is 0 Å². The van der Waals surface area contributed by atoms with Gasteiger partial charge in [0.2, 0.25) is 0 Å². The zero-order valence-corrected chi connectivity index (χ0v) is 19.0. The van der Waals surface area contributed by atoms with Crippen LogP contribution in [0.25, 0.3) is 0 Å². The molecular formula is C27H31N3O2. The van der Waals surface area contributed by atoms with Crippen molar-refractivity contribution in [2.24, 2.45) is 0 Å². The van der Waals surface area contributed by atoms with Gasteiger partial charge in [0, 0.05) is 31.9 Å². The molecule has 3 aromatic carbocycles. The highest BCUT2D eigenvalue weighted by atomic mass is 16.5. The number of piperazine rings is 1. The van der Waals surface area contributed by atoms with E-state index in [9.17, 15) is 4.79 Å². The van der Waals surface area contributed by atoms with E-state index in [1.165, 1.54) is 22.3 Å². The second-order valence-corrected chi connectivity index (χ2v) is 8.35. The molecule has 0 saturated carbocycles. The lowest BCUT2D eigenvalue weighted by Crippen LogP contribution is -2.51.